The molecule has 0 amide bonds. The van der Waals surface area contributed by atoms with E-state index < -0.39 is 5.54 Å². The van der Waals surface area contributed by atoms with E-state index in [-0.39, 0.29) is 5.78 Å². The van der Waals surface area contributed by atoms with E-state index in [2.05, 4.69) is 5.32 Å². The van der Waals surface area contributed by atoms with Gasteiger partial charge in [-0.05, 0) is 61.8 Å². The number of likely N-dealkylation sites (N-methyl/N-ethyl adjacent to an activating group) is 1. The molecule has 1 aliphatic rings. The lowest BCUT2D eigenvalue weighted by Gasteiger charge is -2.45. The van der Waals surface area contributed by atoms with E-state index in [1.807, 2.05) is 48.3 Å². The smallest absolute Gasteiger partial charge is 0.174 e. The summed E-state index contributed by atoms with van der Waals surface area (Å²) in [5.74, 6) is 0.152. The quantitative estimate of drug-likeness (QED) is 0.666. The van der Waals surface area contributed by atoms with Crippen molar-refractivity contribution >= 4 is 52.0 Å². The number of hydrogen-bond donors (Lipinski definition) is 1. The predicted octanol–water partition coefficient (Wildman–Crippen LogP) is 5.66. The second kappa shape index (κ2) is 7.95. The number of thiocarbonyl (C=S) groups is 1. The van der Waals surface area contributed by atoms with Crippen molar-refractivity contribution in [3.8, 4) is 0 Å². The molecule has 0 saturated heterocycles. The normalized spacial score (nSPS) is 19.9. The van der Waals surface area contributed by atoms with Crippen molar-refractivity contribution in [2.75, 3.05) is 12.4 Å². The van der Waals surface area contributed by atoms with Crippen LogP contribution in [0.1, 0.15) is 31.2 Å². The molecule has 0 heterocycles. The van der Waals surface area contributed by atoms with Crippen molar-refractivity contribution in [2.24, 2.45) is 0 Å². The second-order valence-electron chi connectivity index (χ2n) is 6.47. The number of ketones is 1. The Bertz CT molecular complexity index is 825. The van der Waals surface area contributed by atoms with Crippen LogP contribution in [0.2, 0.25) is 10.0 Å². The number of halogens is 2. The Hall–Kier alpha value is -1.62. The van der Waals surface area contributed by atoms with Crippen molar-refractivity contribution in [3.63, 3.8) is 0 Å². The molecule has 1 saturated carbocycles. The maximum atomic E-state index is 13.1. The zero-order valence-corrected chi connectivity index (χ0v) is 16.8. The molecule has 2 aromatic rings. The molecule has 0 radical (unpaired) electrons. The van der Waals surface area contributed by atoms with E-state index in [1.165, 1.54) is 0 Å². The lowest BCUT2D eigenvalue weighted by atomic mass is 9.74. The average Bonchev–Trinajstić information content (AvgIpc) is 2.64. The minimum Gasteiger partial charge on any atom is -0.335 e. The zero-order chi connectivity index (χ0) is 18.7. The van der Waals surface area contributed by atoms with Crippen LogP contribution in [0.25, 0.3) is 0 Å². The molecular weight excluding hydrogens is 387 g/mol. The monoisotopic (exact) mass is 406 g/mol. The summed E-state index contributed by atoms with van der Waals surface area (Å²) < 4.78 is 0. The third kappa shape index (κ3) is 3.59. The molecule has 1 aliphatic carbocycles. The summed E-state index contributed by atoms with van der Waals surface area (Å²) in [6.07, 6.45) is 3.06. The van der Waals surface area contributed by atoms with Crippen LogP contribution in [0.15, 0.2) is 48.5 Å². The largest absolute Gasteiger partial charge is 0.335 e. The molecule has 0 bridgehead atoms. The highest BCUT2D eigenvalue weighted by Gasteiger charge is 2.47. The number of anilines is 1. The Labute approximate surface area is 169 Å². The van der Waals surface area contributed by atoms with Crippen LogP contribution in [0.3, 0.4) is 0 Å². The van der Waals surface area contributed by atoms with Crippen LogP contribution in [0.5, 0.6) is 0 Å². The number of carbonyl (C=O) groups excluding carboxylic acids is 1. The molecule has 3 nitrogen and oxygen atoms in total. The molecular formula is C20H20Cl2N2OS. The summed E-state index contributed by atoms with van der Waals surface area (Å²) in [6, 6.07) is 14.8. The lowest BCUT2D eigenvalue weighted by Crippen LogP contribution is -2.55. The Morgan fingerprint density at radius 1 is 1.12 bits per heavy atom. The molecule has 2 aromatic carbocycles. The van der Waals surface area contributed by atoms with Gasteiger partial charge in [-0.15, -0.1) is 0 Å². The van der Waals surface area contributed by atoms with Gasteiger partial charge in [0.1, 0.15) is 5.54 Å². The molecule has 1 atom stereocenters. The number of rotatable bonds is 3. The van der Waals surface area contributed by atoms with E-state index in [1.54, 1.807) is 12.1 Å². The van der Waals surface area contributed by atoms with Gasteiger partial charge in [-0.1, -0.05) is 41.4 Å². The van der Waals surface area contributed by atoms with Gasteiger partial charge < -0.3 is 10.2 Å². The van der Waals surface area contributed by atoms with Gasteiger partial charge in [-0.3, -0.25) is 4.79 Å². The van der Waals surface area contributed by atoms with Gasteiger partial charge in [0.15, 0.2) is 10.9 Å². The molecule has 1 unspecified atom stereocenters. The average molecular weight is 407 g/mol. The minimum atomic E-state index is -0.840. The van der Waals surface area contributed by atoms with Gasteiger partial charge in [0.2, 0.25) is 0 Å². The summed E-state index contributed by atoms with van der Waals surface area (Å²) in [5.41, 5.74) is 0.797. The van der Waals surface area contributed by atoms with Crippen LogP contribution < -0.4 is 5.32 Å². The molecule has 26 heavy (non-hydrogen) atoms. The van der Waals surface area contributed by atoms with Crippen LogP contribution in [-0.4, -0.2) is 22.8 Å². The fraction of sp³-hybridized carbons (Fsp3) is 0.300. The summed E-state index contributed by atoms with van der Waals surface area (Å²) in [5, 5.41) is 4.92. The van der Waals surface area contributed by atoms with Crippen LogP contribution in [0.4, 0.5) is 5.69 Å². The number of hydrogen-bond acceptors (Lipinski definition) is 2. The fourth-order valence-corrected chi connectivity index (χ4v) is 4.24. The SMILES string of the molecule is CN(C(=S)Nc1ccc(Cl)cc1)C1(c2ccccc2Cl)CCCCC1=O. The third-order valence-corrected chi connectivity index (χ3v) is 5.90. The topological polar surface area (TPSA) is 32.3 Å². The lowest BCUT2D eigenvalue weighted by molar-refractivity contribution is -0.131. The molecule has 3 rings (SSSR count). The van der Waals surface area contributed by atoms with Gasteiger partial charge in [-0.2, -0.15) is 0 Å². The second-order valence-corrected chi connectivity index (χ2v) is 7.70. The minimum absolute atomic E-state index is 0.152. The summed E-state index contributed by atoms with van der Waals surface area (Å²) >= 11 is 18.0. The van der Waals surface area contributed by atoms with E-state index in [0.717, 1.165) is 24.1 Å². The highest BCUT2D eigenvalue weighted by atomic mass is 35.5. The first-order chi connectivity index (χ1) is 12.4. The van der Waals surface area contributed by atoms with Crippen molar-refractivity contribution < 1.29 is 4.79 Å². The first-order valence-electron chi connectivity index (χ1n) is 8.54. The summed E-state index contributed by atoms with van der Waals surface area (Å²) in [7, 11) is 1.86. The van der Waals surface area contributed by atoms with Gasteiger partial charge in [-0.25, -0.2) is 0 Å². The standard InChI is InChI=1S/C20H20Cl2N2OS/c1-24(19(26)23-15-11-9-14(21)10-12-15)20(13-5-4-8-18(20)25)16-6-2-3-7-17(16)22/h2-3,6-7,9-12H,4-5,8,13H2,1H3,(H,23,26). The predicted molar refractivity (Wildman–Crippen MR) is 112 cm³/mol. The highest BCUT2D eigenvalue weighted by molar-refractivity contribution is 7.80. The van der Waals surface area contributed by atoms with E-state index in [4.69, 9.17) is 35.4 Å². The van der Waals surface area contributed by atoms with Crippen molar-refractivity contribution in [1.82, 2.24) is 4.90 Å². The molecule has 0 spiro atoms. The molecule has 1 N–H and O–H groups in total. The zero-order valence-electron chi connectivity index (χ0n) is 14.5. The third-order valence-electron chi connectivity index (χ3n) is 4.95. The van der Waals surface area contributed by atoms with Gasteiger partial charge in [0.05, 0.1) is 0 Å². The number of carbonyl (C=O) groups is 1. The first-order valence-corrected chi connectivity index (χ1v) is 9.70. The van der Waals surface area contributed by atoms with Crippen LogP contribution >= 0.6 is 35.4 Å². The summed E-state index contributed by atoms with van der Waals surface area (Å²) in [4.78, 5) is 15.0. The molecule has 0 aliphatic heterocycles. The Kier molecular flexibility index (Phi) is 5.86. The summed E-state index contributed by atoms with van der Waals surface area (Å²) in [6.45, 7) is 0. The van der Waals surface area contributed by atoms with Crippen molar-refractivity contribution in [1.29, 1.82) is 0 Å². The van der Waals surface area contributed by atoms with Gasteiger partial charge in [0, 0.05) is 34.8 Å². The van der Waals surface area contributed by atoms with Gasteiger partial charge >= 0.3 is 0 Å². The number of nitrogens with one attached hydrogen (secondary N) is 1. The Morgan fingerprint density at radius 2 is 1.81 bits per heavy atom. The van der Waals surface area contributed by atoms with Crippen LogP contribution in [-0.2, 0) is 10.3 Å². The van der Waals surface area contributed by atoms with Crippen molar-refractivity contribution in [3.05, 3.63) is 64.1 Å². The van der Waals surface area contributed by atoms with Gasteiger partial charge in [0.25, 0.3) is 0 Å². The van der Waals surface area contributed by atoms with E-state index >= 15 is 0 Å². The van der Waals surface area contributed by atoms with E-state index in [9.17, 15) is 4.79 Å². The molecule has 6 heteroatoms. The highest BCUT2D eigenvalue weighted by Crippen LogP contribution is 2.42. The number of Topliss-reactive ketones (excluding diaryl/α,β-unsaturated/α-hetero) is 1. The molecule has 0 aromatic heterocycles. The Balaban J connectivity index is 1.96. The van der Waals surface area contributed by atoms with Crippen molar-refractivity contribution in [2.45, 2.75) is 31.2 Å². The number of benzene rings is 2. The van der Waals surface area contributed by atoms with E-state index in [0.29, 0.717) is 28.0 Å². The first kappa shape index (κ1) is 19.2. The Morgan fingerprint density at radius 3 is 2.46 bits per heavy atom. The maximum Gasteiger partial charge on any atom is 0.174 e. The number of nitrogens with zero attached hydrogens (tertiary/aromatic N) is 1. The maximum absolute atomic E-state index is 13.1. The molecule has 1 fully saturated rings. The molecule has 136 valence electrons. The van der Waals surface area contributed by atoms with Crippen LogP contribution in [0, 0.1) is 0 Å². The fourth-order valence-electron chi connectivity index (χ4n) is 3.54.